The molecule has 0 aromatic heterocycles. The number of nitrogens with one attached hydrogen (secondary N) is 1. The van der Waals surface area contributed by atoms with Crippen LogP contribution in [0.5, 0.6) is 0 Å². The minimum atomic E-state index is 0.444. The van der Waals surface area contributed by atoms with Crippen LogP contribution in [0.15, 0.2) is 0 Å². The van der Waals surface area contributed by atoms with Crippen LogP contribution in [0.3, 0.4) is 0 Å². The van der Waals surface area contributed by atoms with Gasteiger partial charge in [-0.3, -0.25) is 0 Å². The quantitative estimate of drug-likeness (QED) is 0.557. The first-order valence-electron chi connectivity index (χ1n) is 10.4. The van der Waals surface area contributed by atoms with Crippen LogP contribution in [-0.4, -0.2) is 5.71 Å². The fraction of sp³-hybridized carbons (Fsp3) is 0.955. The lowest BCUT2D eigenvalue weighted by Gasteiger charge is -2.59. The second kappa shape index (κ2) is 6.19. The zero-order valence-corrected chi connectivity index (χ0v) is 16.3. The van der Waals surface area contributed by atoms with Gasteiger partial charge >= 0.3 is 0 Å². The maximum atomic E-state index is 8.28. The highest BCUT2D eigenvalue weighted by Crippen LogP contribution is 2.66. The molecule has 7 atom stereocenters. The molecule has 3 aliphatic rings. The topological polar surface area (TPSA) is 23.9 Å². The van der Waals surface area contributed by atoms with E-state index < -0.39 is 0 Å². The molecule has 0 spiro atoms. The first-order valence-corrected chi connectivity index (χ1v) is 10.4. The van der Waals surface area contributed by atoms with Crippen LogP contribution >= 0.6 is 0 Å². The van der Waals surface area contributed by atoms with E-state index in [1.54, 1.807) is 0 Å². The van der Waals surface area contributed by atoms with Crippen molar-refractivity contribution in [3.8, 4) is 0 Å². The van der Waals surface area contributed by atoms with Crippen molar-refractivity contribution in [3.05, 3.63) is 0 Å². The van der Waals surface area contributed by atoms with Gasteiger partial charge in [-0.05, 0) is 86.4 Å². The molecule has 0 saturated heterocycles. The molecular weight excluding hydrogens is 278 g/mol. The normalized spacial score (nSPS) is 49.5. The molecule has 3 rings (SSSR count). The molecule has 23 heavy (non-hydrogen) atoms. The van der Waals surface area contributed by atoms with Crippen molar-refractivity contribution in [1.29, 1.82) is 5.41 Å². The SMILES string of the molecule is CCCC1(C)C(CC)CCC2C1CCC1(C)C(C(C)=N)CCC21. The lowest BCUT2D eigenvalue weighted by atomic mass is 9.46. The van der Waals surface area contributed by atoms with Gasteiger partial charge in [-0.15, -0.1) is 0 Å². The summed E-state index contributed by atoms with van der Waals surface area (Å²) in [5, 5.41) is 8.28. The monoisotopic (exact) mass is 317 g/mol. The van der Waals surface area contributed by atoms with Crippen molar-refractivity contribution in [1.82, 2.24) is 0 Å². The molecule has 1 heteroatoms. The van der Waals surface area contributed by atoms with Gasteiger partial charge in [0.2, 0.25) is 0 Å². The van der Waals surface area contributed by atoms with E-state index in [-0.39, 0.29) is 0 Å². The predicted molar refractivity (Wildman–Crippen MR) is 100.0 cm³/mol. The Morgan fingerprint density at radius 1 is 1.00 bits per heavy atom. The molecule has 1 nitrogen and oxygen atoms in total. The Balaban J connectivity index is 1.89. The van der Waals surface area contributed by atoms with Crippen LogP contribution < -0.4 is 0 Å². The van der Waals surface area contributed by atoms with E-state index in [0.717, 1.165) is 29.4 Å². The van der Waals surface area contributed by atoms with Crippen molar-refractivity contribution in [3.63, 3.8) is 0 Å². The molecule has 0 heterocycles. The van der Waals surface area contributed by atoms with Gasteiger partial charge in [0.05, 0.1) is 0 Å². The highest BCUT2D eigenvalue weighted by molar-refractivity contribution is 5.82. The first-order chi connectivity index (χ1) is 10.9. The van der Waals surface area contributed by atoms with E-state index in [0.29, 0.717) is 16.7 Å². The minimum Gasteiger partial charge on any atom is -0.310 e. The Labute approximate surface area is 144 Å². The van der Waals surface area contributed by atoms with E-state index in [9.17, 15) is 0 Å². The molecule has 7 unspecified atom stereocenters. The second-order valence-electron chi connectivity index (χ2n) is 9.67. The third-order valence-electron chi connectivity index (χ3n) is 8.87. The first kappa shape index (κ1) is 17.5. The Morgan fingerprint density at radius 3 is 2.35 bits per heavy atom. The molecule has 0 radical (unpaired) electrons. The van der Waals surface area contributed by atoms with Gasteiger partial charge in [-0.25, -0.2) is 0 Å². The highest BCUT2D eigenvalue weighted by Gasteiger charge is 2.59. The van der Waals surface area contributed by atoms with Crippen molar-refractivity contribution in [2.75, 3.05) is 0 Å². The molecular formula is C22H39N. The summed E-state index contributed by atoms with van der Waals surface area (Å²) in [5.74, 6) is 4.35. The average Bonchev–Trinajstić information content (AvgIpc) is 2.85. The summed E-state index contributed by atoms with van der Waals surface area (Å²) in [6, 6.07) is 0. The maximum Gasteiger partial charge on any atom is 0.00946 e. The molecule has 132 valence electrons. The van der Waals surface area contributed by atoms with Crippen molar-refractivity contribution < 1.29 is 0 Å². The smallest absolute Gasteiger partial charge is 0.00946 e. The number of hydrogen-bond donors (Lipinski definition) is 1. The van der Waals surface area contributed by atoms with Crippen LogP contribution in [0.2, 0.25) is 0 Å². The highest BCUT2D eigenvalue weighted by atomic mass is 14.6. The van der Waals surface area contributed by atoms with Crippen LogP contribution in [0.4, 0.5) is 0 Å². The molecule has 0 aromatic rings. The maximum absolute atomic E-state index is 8.28. The lowest BCUT2D eigenvalue weighted by molar-refractivity contribution is -0.0956. The van der Waals surface area contributed by atoms with Gasteiger partial charge in [0.1, 0.15) is 0 Å². The van der Waals surface area contributed by atoms with Crippen LogP contribution in [0.1, 0.15) is 92.4 Å². The number of fused-ring (bicyclic) bond motifs is 3. The lowest BCUT2D eigenvalue weighted by Crippen LogP contribution is -2.52. The molecule has 3 saturated carbocycles. The number of rotatable bonds is 4. The summed E-state index contributed by atoms with van der Waals surface area (Å²) in [4.78, 5) is 0. The van der Waals surface area contributed by atoms with E-state index in [1.165, 1.54) is 57.8 Å². The summed E-state index contributed by atoms with van der Waals surface area (Å²) in [6.45, 7) is 12.1. The Kier molecular flexibility index (Phi) is 4.71. The van der Waals surface area contributed by atoms with Gasteiger partial charge in [-0.1, -0.05) is 40.5 Å². The zero-order chi connectivity index (χ0) is 16.8. The average molecular weight is 318 g/mol. The zero-order valence-electron chi connectivity index (χ0n) is 16.3. The fourth-order valence-electron chi connectivity index (χ4n) is 7.84. The van der Waals surface area contributed by atoms with Crippen molar-refractivity contribution in [2.45, 2.75) is 92.4 Å². The Bertz CT molecular complexity index is 455. The predicted octanol–water partition coefficient (Wildman–Crippen LogP) is 6.71. The van der Waals surface area contributed by atoms with Gasteiger partial charge in [0, 0.05) is 11.6 Å². The summed E-state index contributed by atoms with van der Waals surface area (Å²) >= 11 is 0. The Morgan fingerprint density at radius 2 is 1.74 bits per heavy atom. The minimum absolute atomic E-state index is 0.444. The molecule has 0 amide bonds. The largest absolute Gasteiger partial charge is 0.310 e. The number of hydrogen-bond acceptors (Lipinski definition) is 1. The standard InChI is InChI=1S/C22H39N/c1-6-13-21(4)16(7-2)8-9-17-19-11-10-18(15(3)23)22(19,5)14-12-20(17)21/h16-20,23H,6-14H2,1-5H3. The van der Waals surface area contributed by atoms with Crippen molar-refractivity contribution >= 4 is 5.71 Å². The Hall–Kier alpha value is -0.330. The molecule has 0 aromatic carbocycles. The third-order valence-corrected chi connectivity index (χ3v) is 8.87. The fourth-order valence-corrected chi connectivity index (χ4v) is 7.84. The summed E-state index contributed by atoms with van der Waals surface area (Å²) < 4.78 is 0. The van der Waals surface area contributed by atoms with Crippen molar-refractivity contribution in [2.24, 2.45) is 40.4 Å². The van der Waals surface area contributed by atoms with Gasteiger partial charge in [0.25, 0.3) is 0 Å². The van der Waals surface area contributed by atoms with E-state index >= 15 is 0 Å². The molecule has 1 N–H and O–H groups in total. The second-order valence-corrected chi connectivity index (χ2v) is 9.67. The summed E-state index contributed by atoms with van der Waals surface area (Å²) in [7, 11) is 0. The van der Waals surface area contributed by atoms with E-state index in [1.807, 2.05) is 0 Å². The van der Waals surface area contributed by atoms with E-state index in [4.69, 9.17) is 5.41 Å². The van der Waals surface area contributed by atoms with E-state index in [2.05, 4.69) is 34.6 Å². The van der Waals surface area contributed by atoms with Gasteiger partial charge < -0.3 is 5.41 Å². The molecule has 0 bridgehead atoms. The molecule has 3 fully saturated rings. The summed E-state index contributed by atoms with van der Waals surface area (Å²) in [6.07, 6.45) is 12.6. The van der Waals surface area contributed by atoms with Crippen LogP contribution in [0, 0.1) is 45.8 Å². The van der Waals surface area contributed by atoms with Gasteiger partial charge in [0.15, 0.2) is 0 Å². The van der Waals surface area contributed by atoms with Crippen LogP contribution in [-0.2, 0) is 0 Å². The molecule has 0 aliphatic heterocycles. The summed E-state index contributed by atoms with van der Waals surface area (Å²) in [5.41, 5.74) is 2.00. The third kappa shape index (κ3) is 2.52. The molecule has 3 aliphatic carbocycles. The van der Waals surface area contributed by atoms with Gasteiger partial charge in [-0.2, -0.15) is 0 Å². The van der Waals surface area contributed by atoms with Crippen LogP contribution in [0.25, 0.3) is 0 Å².